The van der Waals surface area contributed by atoms with Crippen LogP contribution in [0.2, 0.25) is 0 Å². The van der Waals surface area contributed by atoms with Crippen LogP contribution in [-0.4, -0.2) is 22.7 Å². The van der Waals surface area contributed by atoms with E-state index in [2.05, 4.69) is 42.2 Å². The van der Waals surface area contributed by atoms with E-state index in [9.17, 15) is 0 Å². The minimum absolute atomic E-state index is 0.211. The Kier molecular flexibility index (Phi) is 5.74. The topological polar surface area (TPSA) is 45.1 Å². The van der Waals surface area contributed by atoms with E-state index in [1.54, 1.807) is 6.20 Å². The Labute approximate surface area is 107 Å². The van der Waals surface area contributed by atoms with E-state index in [1.807, 2.05) is 13.0 Å². The summed E-state index contributed by atoms with van der Waals surface area (Å²) < 4.78 is 1.95. The molecule has 84 valence electrons. The molecule has 0 aliphatic rings. The first-order valence-corrected chi connectivity index (χ1v) is 6.36. The second-order valence-corrected chi connectivity index (χ2v) is 5.15. The van der Waals surface area contributed by atoms with Gasteiger partial charge in [-0.25, -0.2) is 0 Å². The van der Waals surface area contributed by atoms with Crippen LogP contribution in [0.15, 0.2) is 21.2 Å². The van der Waals surface area contributed by atoms with Crippen molar-refractivity contribution < 1.29 is 5.11 Å². The second kappa shape index (κ2) is 6.58. The Hall–Kier alpha value is 0.0300. The minimum Gasteiger partial charge on any atom is -0.396 e. The minimum atomic E-state index is 0.211. The summed E-state index contributed by atoms with van der Waals surface area (Å²) in [5, 5.41) is 12.0. The van der Waals surface area contributed by atoms with Crippen LogP contribution >= 0.6 is 31.9 Å². The van der Waals surface area contributed by atoms with E-state index in [1.165, 1.54) is 0 Å². The third-order valence-electron chi connectivity index (χ3n) is 2.06. The maximum Gasteiger partial charge on any atom is 0.0684 e. The van der Waals surface area contributed by atoms with E-state index >= 15 is 0 Å². The zero-order valence-corrected chi connectivity index (χ0v) is 11.7. The van der Waals surface area contributed by atoms with Gasteiger partial charge in [0.2, 0.25) is 0 Å². The van der Waals surface area contributed by atoms with Gasteiger partial charge in [-0.3, -0.25) is 4.98 Å². The summed E-state index contributed by atoms with van der Waals surface area (Å²) >= 11 is 6.81. The number of aliphatic hydroxyl groups is 1. The highest BCUT2D eigenvalue weighted by atomic mass is 79.9. The molecule has 1 aromatic rings. The molecule has 0 spiro atoms. The molecule has 0 aliphatic heterocycles. The van der Waals surface area contributed by atoms with Crippen molar-refractivity contribution >= 4 is 31.9 Å². The summed E-state index contributed by atoms with van der Waals surface area (Å²) in [5.41, 5.74) is 0.975. The van der Waals surface area contributed by atoms with Gasteiger partial charge in [0.25, 0.3) is 0 Å². The van der Waals surface area contributed by atoms with Crippen LogP contribution in [0.4, 0.5) is 0 Å². The first kappa shape index (κ1) is 13.1. The molecule has 3 nitrogen and oxygen atoms in total. The molecule has 0 radical (unpaired) electrons. The van der Waals surface area contributed by atoms with E-state index in [0.29, 0.717) is 12.6 Å². The molecule has 0 saturated heterocycles. The Morgan fingerprint density at radius 2 is 2.27 bits per heavy atom. The van der Waals surface area contributed by atoms with E-state index in [0.717, 1.165) is 21.1 Å². The van der Waals surface area contributed by atoms with Crippen LogP contribution in [0.5, 0.6) is 0 Å². The van der Waals surface area contributed by atoms with Gasteiger partial charge in [0.05, 0.1) is 5.69 Å². The average Bonchev–Trinajstić information content (AvgIpc) is 2.17. The summed E-state index contributed by atoms with van der Waals surface area (Å²) in [6.07, 6.45) is 2.53. The SMILES string of the molecule is CC(CCO)NCc1ncc(Br)cc1Br. The Balaban J connectivity index is 2.50. The summed E-state index contributed by atoms with van der Waals surface area (Å²) in [6, 6.07) is 2.27. The van der Waals surface area contributed by atoms with Gasteiger partial charge in [-0.2, -0.15) is 0 Å². The van der Waals surface area contributed by atoms with Crippen LogP contribution < -0.4 is 5.32 Å². The van der Waals surface area contributed by atoms with Gasteiger partial charge in [0.1, 0.15) is 0 Å². The van der Waals surface area contributed by atoms with Crippen LogP contribution in [-0.2, 0) is 6.54 Å². The first-order valence-electron chi connectivity index (χ1n) is 4.77. The molecule has 0 saturated carbocycles. The highest BCUT2D eigenvalue weighted by Crippen LogP contribution is 2.19. The van der Waals surface area contributed by atoms with Crippen molar-refractivity contribution in [3.05, 3.63) is 26.9 Å². The van der Waals surface area contributed by atoms with Crippen molar-refractivity contribution in [3.8, 4) is 0 Å². The fourth-order valence-corrected chi connectivity index (χ4v) is 2.27. The maximum absolute atomic E-state index is 8.75. The third-order valence-corrected chi connectivity index (χ3v) is 3.18. The highest BCUT2D eigenvalue weighted by Gasteiger charge is 2.04. The molecular formula is C10H14Br2N2O. The van der Waals surface area contributed by atoms with E-state index in [-0.39, 0.29) is 6.61 Å². The lowest BCUT2D eigenvalue weighted by Gasteiger charge is -2.12. The second-order valence-electron chi connectivity index (χ2n) is 3.38. The molecule has 1 aromatic heterocycles. The molecule has 0 bridgehead atoms. The van der Waals surface area contributed by atoms with Crippen LogP contribution in [0.25, 0.3) is 0 Å². The summed E-state index contributed by atoms with van der Waals surface area (Å²) in [7, 11) is 0. The summed E-state index contributed by atoms with van der Waals surface area (Å²) in [5.74, 6) is 0. The van der Waals surface area contributed by atoms with Crippen molar-refractivity contribution in [1.29, 1.82) is 0 Å². The van der Waals surface area contributed by atoms with E-state index < -0.39 is 0 Å². The van der Waals surface area contributed by atoms with Gasteiger partial charge in [0.15, 0.2) is 0 Å². The third kappa shape index (κ3) is 4.59. The molecule has 2 N–H and O–H groups in total. The fourth-order valence-electron chi connectivity index (χ4n) is 1.14. The molecule has 5 heteroatoms. The number of aliphatic hydroxyl groups excluding tert-OH is 1. The zero-order valence-electron chi connectivity index (χ0n) is 8.50. The van der Waals surface area contributed by atoms with Crippen molar-refractivity contribution in [1.82, 2.24) is 10.3 Å². The lowest BCUT2D eigenvalue weighted by Crippen LogP contribution is -2.26. The van der Waals surface area contributed by atoms with Crippen molar-refractivity contribution in [3.63, 3.8) is 0 Å². The number of rotatable bonds is 5. The summed E-state index contributed by atoms with van der Waals surface area (Å²) in [4.78, 5) is 4.29. The maximum atomic E-state index is 8.75. The quantitative estimate of drug-likeness (QED) is 0.867. The van der Waals surface area contributed by atoms with Crippen LogP contribution in [0, 0.1) is 0 Å². The van der Waals surface area contributed by atoms with Gasteiger partial charge >= 0.3 is 0 Å². The number of hydrogen-bond acceptors (Lipinski definition) is 3. The smallest absolute Gasteiger partial charge is 0.0684 e. The van der Waals surface area contributed by atoms with Gasteiger partial charge in [-0.15, -0.1) is 0 Å². The molecular weight excluding hydrogens is 324 g/mol. The van der Waals surface area contributed by atoms with Gasteiger partial charge < -0.3 is 10.4 Å². The number of aromatic nitrogens is 1. The fraction of sp³-hybridized carbons (Fsp3) is 0.500. The predicted molar refractivity (Wildman–Crippen MR) is 67.6 cm³/mol. The molecule has 1 unspecified atom stereocenters. The molecule has 1 atom stereocenters. The molecule has 0 aliphatic carbocycles. The Morgan fingerprint density at radius 1 is 1.53 bits per heavy atom. The largest absolute Gasteiger partial charge is 0.396 e. The van der Waals surface area contributed by atoms with Gasteiger partial charge in [0, 0.05) is 34.3 Å². The summed E-state index contributed by atoms with van der Waals surface area (Å²) in [6.45, 7) is 2.96. The highest BCUT2D eigenvalue weighted by molar-refractivity contribution is 9.11. The normalized spacial score (nSPS) is 12.8. The molecule has 1 rings (SSSR count). The monoisotopic (exact) mass is 336 g/mol. The first-order chi connectivity index (χ1) is 7.13. The van der Waals surface area contributed by atoms with Crippen LogP contribution in [0.1, 0.15) is 19.0 Å². The Morgan fingerprint density at radius 3 is 2.87 bits per heavy atom. The van der Waals surface area contributed by atoms with Gasteiger partial charge in [-0.05, 0) is 51.3 Å². The number of nitrogens with zero attached hydrogens (tertiary/aromatic N) is 1. The molecule has 0 aromatic carbocycles. The standard InChI is InChI=1S/C10H14Br2N2O/c1-7(2-3-15)13-6-10-9(12)4-8(11)5-14-10/h4-5,7,13,15H,2-3,6H2,1H3. The average molecular weight is 338 g/mol. The molecule has 1 heterocycles. The molecule has 0 amide bonds. The number of pyridine rings is 1. The van der Waals surface area contributed by atoms with Crippen molar-refractivity contribution in [2.75, 3.05) is 6.61 Å². The Bertz CT molecular complexity index is 320. The molecule has 15 heavy (non-hydrogen) atoms. The molecule has 0 fully saturated rings. The van der Waals surface area contributed by atoms with E-state index in [4.69, 9.17) is 5.11 Å². The number of nitrogens with one attached hydrogen (secondary N) is 1. The number of halogens is 2. The lowest BCUT2D eigenvalue weighted by atomic mass is 10.2. The predicted octanol–water partition coefficient (Wildman–Crippen LogP) is 2.47. The van der Waals surface area contributed by atoms with Gasteiger partial charge in [-0.1, -0.05) is 0 Å². The van der Waals surface area contributed by atoms with Crippen LogP contribution in [0.3, 0.4) is 0 Å². The van der Waals surface area contributed by atoms with Crippen molar-refractivity contribution in [2.45, 2.75) is 25.9 Å². The lowest BCUT2D eigenvalue weighted by molar-refractivity contribution is 0.268. The number of hydrogen-bond donors (Lipinski definition) is 2. The van der Waals surface area contributed by atoms with Crippen molar-refractivity contribution in [2.24, 2.45) is 0 Å². The zero-order chi connectivity index (χ0) is 11.3.